The Balaban J connectivity index is 2.06. The van der Waals surface area contributed by atoms with E-state index >= 15 is 0 Å². The lowest BCUT2D eigenvalue weighted by Gasteiger charge is -2.27. The first-order chi connectivity index (χ1) is 9.86. The third-order valence-electron chi connectivity index (χ3n) is 4.74. The lowest BCUT2D eigenvalue weighted by Crippen LogP contribution is -2.28. The average molecular weight is 273 g/mol. The van der Waals surface area contributed by atoms with Crippen LogP contribution in [0.25, 0.3) is 0 Å². The summed E-state index contributed by atoms with van der Waals surface area (Å²) in [6.45, 7) is 5.61. The van der Waals surface area contributed by atoms with Crippen LogP contribution in [0.4, 0.5) is 0 Å². The number of hydrogen-bond acceptors (Lipinski definition) is 1. The van der Waals surface area contributed by atoms with Crippen LogP contribution in [-0.4, -0.2) is 6.54 Å². The molecule has 0 radical (unpaired) electrons. The Morgan fingerprint density at radius 3 is 2.75 bits per heavy atom. The lowest BCUT2D eigenvalue weighted by atomic mass is 9.86. The van der Waals surface area contributed by atoms with Crippen molar-refractivity contribution in [3.8, 4) is 0 Å². The summed E-state index contributed by atoms with van der Waals surface area (Å²) in [6, 6.07) is 9.68. The maximum Gasteiger partial charge on any atom is 0.0351 e. The van der Waals surface area contributed by atoms with Crippen LogP contribution in [-0.2, 0) is 6.42 Å². The molecule has 20 heavy (non-hydrogen) atoms. The van der Waals surface area contributed by atoms with Gasteiger partial charge in [-0.05, 0) is 49.3 Å². The van der Waals surface area contributed by atoms with Gasteiger partial charge in [-0.15, -0.1) is 0 Å². The Morgan fingerprint density at radius 1 is 1.10 bits per heavy atom. The van der Waals surface area contributed by atoms with Crippen LogP contribution >= 0.6 is 0 Å². The number of fused-ring (bicyclic) bond motifs is 1. The van der Waals surface area contributed by atoms with E-state index < -0.39 is 0 Å². The molecule has 0 fully saturated rings. The second-order valence-electron chi connectivity index (χ2n) is 6.24. The van der Waals surface area contributed by atoms with Gasteiger partial charge in [-0.25, -0.2) is 0 Å². The van der Waals surface area contributed by atoms with Gasteiger partial charge in [0.15, 0.2) is 0 Å². The third kappa shape index (κ3) is 4.09. The van der Waals surface area contributed by atoms with E-state index in [1.807, 2.05) is 0 Å². The Morgan fingerprint density at radius 2 is 1.95 bits per heavy atom. The minimum atomic E-state index is 0.584. The number of aryl methyl sites for hydroxylation is 1. The van der Waals surface area contributed by atoms with Crippen molar-refractivity contribution < 1.29 is 0 Å². The van der Waals surface area contributed by atoms with Crippen molar-refractivity contribution in [3.05, 3.63) is 35.4 Å². The topological polar surface area (TPSA) is 12.0 Å². The highest BCUT2D eigenvalue weighted by Crippen LogP contribution is 2.36. The fourth-order valence-corrected chi connectivity index (χ4v) is 3.68. The predicted molar refractivity (Wildman–Crippen MR) is 88.0 cm³/mol. The standard InChI is InChI=1S/C19H31N/c1-3-5-6-7-12-17-14-10-13-16-11-8-9-15-18(16)19(17)20-4-2/h8-9,11,15,17,19-20H,3-7,10,12-14H2,1-2H3. The van der Waals surface area contributed by atoms with Crippen molar-refractivity contribution in [2.24, 2.45) is 5.92 Å². The summed E-state index contributed by atoms with van der Waals surface area (Å²) in [5.41, 5.74) is 3.15. The zero-order valence-corrected chi connectivity index (χ0v) is 13.3. The highest BCUT2D eigenvalue weighted by atomic mass is 14.9. The van der Waals surface area contributed by atoms with Crippen LogP contribution in [0.1, 0.15) is 76.0 Å². The van der Waals surface area contributed by atoms with E-state index in [0.29, 0.717) is 6.04 Å². The normalized spacial score (nSPS) is 22.3. The zero-order valence-electron chi connectivity index (χ0n) is 13.3. The van der Waals surface area contributed by atoms with Gasteiger partial charge < -0.3 is 5.32 Å². The number of hydrogen-bond donors (Lipinski definition) is 1. The van der Waals surface area contributed by atoms with E-state index in [4.69, 9.17) is 0 Å². The van der Waals surface area contributed by atoms with Crippen LogP contribution in [0.15, 0.2) is 24.3 Å². The molecule has 1 heteroatoms. The number of rotatable bonds is 7. The molecular weight excluding hydrogens is 242 g/mol. The van der Waals surface area contributed by atoms with Crippen molar-refractivity contribution in [2.75, 3.05) is 6.54 Å². The molecule has 2 rings (SSSR count). The maximum atomic E-state index is 3.77. The molecule has 0 bridgehead atoms. The zero-order chi connectivity index (χ0) is 14.2. The average Bonchev–Trinajstić information content (AvgIpc) is 2.64. The summed E-state index contributed by atoms with van der Waals surface area (Å²) < 4.78 is 0. The predicted octanol–water partition coefficient (Wildman–Crippen LogP) is 5.26. The minimum Gasteiger partial charge on any atom is -0.310 e. The van der Waals surface area contributed by atoms with E-state index in [-0.39, 0.29) is 0 Å². The van der Waals surface area contributed by atoms with Crippen LogP contribution in [0, 0.1) is 5.92 Å². The first-order valence-electron chi connectivity index (χ1n) is 8.68. The Bertz CT molecular complexity index is 385. The smallest absolute Gasteiger partial charge is 0.0351 e. The van der Waals surface area contributed by atoms with Gasteiger partial charge in [0.25, 0.3) is 0 Å². The maximum absolute atomic E-state index is 3.77. The molecule has 1 aromatic rings. The second kappa shape index (κ2) is 8.46. The summed E-state index contributed by atoms with van der Waals surface area (Å²) in [4.78, 5) is 0. The monoisotopic (exact) mass is 273 g/mol. The molecule has 1 nitrogen and oxygen atoms in total. The van der Waals surface area contributed by atoms with Gasteiger partial charge in [0, 0.05) is 6.04 Å². The first kappa shape index (κ1) is 15.6. The molecule has 1 aliphatic carbocycles. The molecule has 0 amide bonds. The molecule has 0 heterocycles. The summed E-state index contributed by atoms with van der Waals surface area (Å²) in [5, 5.41) is 3.77. The van der Waals surface area contributed by atoms with Crippen LogP contribution in [0.5, 0.6) is 0 Å². The SMILES string of the molecule is CCCCCCC1CCCc2ccccc2C1NCC. The first-order valence-corrected chi connectivity index (χ1v) is 8.68. The molecule has 0 aliphatic heterocycles. The Labute approximate surface area is 125 Å². The van der Waals surface area contributed by atoms with Crippen molar-refractivity contribution in [2.45, 2.75) is 71.3 Å². The molecule has 112 valence electrons. The minimum absolute atomic E-state index is 0.584. The Hall–Kier alpha value is -0.820. The molecule has 1 aliphatic rings. The highest BCUT2D eigenvalue weighted by Gasteiger charge is 2.26. The van der Waals surface area contributed by atoms with Crippen molar-refractivity contribution in [1.82, 2.24) is 5.32 Å². The van der Waals surface area contributed by atoms with E-state index in [0.717, 1.165) is 12.5 Å². The summed E-state index contributed by atoms with van der Waals surface area (Å²) in [6.07, 6.45) is 11.0. The van der Waals surface area contributed by atoms with E-state index in [1.54, 1.807) is 11.1 Å². The summed E-state index contributed by atoms with van der Waals surface area (Å²) in [7, 11) is 0. The van der Waals surface area contributed by atoms with Crippen molar-refractivity contribution in [3.63, 3.8) is 0 Å². The van der Waals surface area contributed by atoms with Gasteiger partial charge in [-0.2, -0.15) is 0 Å². The molecule has 0 saturated carbocycles. The van der Waals surface area contributed by atoms with E-state index in [1.165, 1.54) is 51.4 Å². The van der Waals surface area contributed by atoms with Gasteiger partial charge in [-0.1, -0.05) is 63.8 Å². The van der Waals surface area contributed by atoms with Gasteiger partial charge >= 0.3 is 0 Å². The van der Waals surface area contributed by atoms with Gasteiger partial charge in [0.1, 0.15) is 0 Å². The fourth-order valence-electron chi connectivity index (χ4n) is 3.68. The molecule has 0 spiro atoms. The van der Waals surface area contributed by atoms with Crippen molar-refractivity contribution >= 4 is 0 Å². The molecule has 2 unspecified atom stereocenters. The summed E-state index contributed by atoms with van der Waals surface area (Å²) >= 11 is 0. The summed E-state index contributed by atoms with van der Waals surface area (Å²) in [5.74, 6) is 0.829. The molecule has 0 aromatic heterocycles. The molecule has 0 saturated heterocycles. The number of unbranched alkanes of at least 4 members (excludes halogenated alkanes) is 3. The number of benzene rings is 1. The van der Waals surface area contributed by atoms with Crippen LogP contribution in [0.3, 0.4) is 0 Å². The van der Waals surface area contributed by atoms with Crippen LogP contribution in [0.2, 0.25) is 0 Å². The third-order valence-corrected chi connectivity index (χ3v) is 4.74. The molecular formula is C19H31N. The lowest BCUT2D eigenvalue weighted by molar-refractivity contribution is 0.318. The molecule has 1 aromatic carbocycles. The largest absolute Gasteiger partial charge is 0.310 e. The Kier molecular flexibility index (Phi) is 6.59. The quantitative estimate of drug-likeness (QED) is 0.528. The van der Waals surface area contributed by atoms with E-state index in [9.17, 15) is 0 Å². The van der Waals surface area contributed by atoms with E-state index in [2.05, 4.69) is 43.4 Å². The van der Waals surface area contributed by atoms with Gasteiger partial charge in [0.2, 0.25) is 0 Å². The van der Waals surface area contributed by atoms with Gasteiger partial charge in [-0.3, -0.25) is 0 Å². The van der Waals surface area contributed by atoms with Gasteiger partial charge in [0.05, 0.1) is 0 Å². The highest BCUT2D eigenvalue weighted by molar-refractivity contribution is 5.31. The molecule has 1 N–H and O–H groups in total. The molecule has 2 atom stereocenters. The van der Waals surface area contributed by atoms with Crippen molar-refractivity contribution in [1.29, 1.82) is 0 Å². The van der Waals surface area contributed by atoms with Crippen LogP contribution < -0.4 is 5.32 Å². The second-order valence-corrected chi connectivity index (χ2v) is 6.24. The number of nitrogens with one attached hydrogen (secondary N) is 1. The fraction of sp³-hybridized carbons (Fsp3) is 0.684.